The van der Waals surface area contributed by atoms with Crippen LogP contribution < -0.4 is 5.32 Å². The van der Waals surface area contributed by atoms with E-state index < -0.39 is 11.2 Å². The lowest BCUT2D eigenvalue weighted by atomic mass is 9.59. The number of rotatable bonds is 2. The molecule has 0 bridgehead atoms. The minimum absolute atomic E-state index is 0.351. The van der Waals surface area contributed by atoms with Gasteiger partial charge in [-0.1, -0.05) is 0 Å². The van der Waals surface area contributed by atoms with Gasteiger partial charge in [0.15, 0.2) is 0 Å². The van der Waals surface area contributed by atoms with Gasteiger partial charge in [-0.15, -0.1) is 0 Å². The quantitative estimate of drug-likeness (QED) is 0.557. The largest absolute Gasteiger partial charge is 0.317 e. The first-order valence-electron chi connectivity index (χ1n) is 5.57. The third-order valence-corrected chi connectivity index (χ3v) is 3.72. The molecule has 1 N–H and O–H groups in total. The lowest BCUT2D eigenvalue weighted by Crippen LogP contribution is -2.57. The molecule has 0 amide bonds. The summed E-state index contributed by atoms with van der Waals surface area (Å²) >= 11 is 0. The van der Waals surface area contributed by atoms with Gasteiger partial charge in [-0.3, -0.25) is 0 Å². The Bertz CT molecular complexity index is 283. The molecule has 2 fully saturated rings. The van der Waals surface area contributed by atoms with E-state index >= 15 is 0 Å². The highest BCUT2D eigenvalue weighted by molar-refractivity contribution is 5.37. The summed E-state index contributed by atoms with van der Waals surface area (Å²) in [6, 6.07) is 0. The van der Waals surface area contributed by atoms with E-state index in [1.54, 1.807) is 13.0 Å². The Balaban J connectivity index is 2.10. The molecule has 0 unspecified atom stereocenters. The molecule has 0 atom stereocenters. The van der Waals surface area contributed by atoms with Gasteiger partial charge in [-0.25, -0.2) is 9.18 Å². The minimum Gasteiger partial charge on any atom is -0.317 e. The first-order chi connectivity index (χ1) is 7.08. The Kier molecular flexibility index (Phi) is 2.65. The van der Waals surface area contributed by atoms with Gasteiger partial charge in [-0.2, -0.15) is 4.99 Å². The van der Waals surface area contributed by atoms with Crippen molar-refractivity contribution in [3.8, 4) is 0 Å². The molecule has 1 heterocycles. The van der Waals surface area contributed by atoms with Crippen molar-refractivity contribution >= 4 is 6.08 Å². The number of nitrogens with one attached hydrogen (secondary N) is 1. The van der Waals surface area contributed by atoms with Gasteiger partial charge >= 0.3 is 0 Å². The van der Waals surface area contributed by atoms with Crippen molar-refractivity contribution in [2.45, 2.75) is 43.8 Å². The average molecular weight is 212 g/mol. The van der Waals surface area contributed by atoms with Crippen LogP contribution in [0.25, 0.3) is 0 Å². The van der Waals surface area contributed by atoms with Crippen LogP contribution in [0, 0.1) is 5.92 Å². The number of piperidine rings is 1. The van der Waals surface area contributed by atoms with Gasteiger partial charge in [0, 0.05) is 12.8 Å². The zero-order chi connectivity index (χ0) is 10.9. The monoisotopic (exact) mass is 212 g/mol. The highest BCUT2D eigenvalue weighted by Crippen LogP contribution is 2.52. The van der Waals surface area contributed by atoms with Gasteiger partial charge in [0.25, 0.3) is 0 Å². The summed E-state index contributed by atoms with van der Waals surface area (Å²) in [4.78, 5) is 14.3. The van der Waals surface area contributed by atoms with Gasteiger partial charge in [0.05, 0.1) is 5.54 Å². The number of isocyanates is 1. The number of halogens is 1. The molecule has 1 saturated heterocycles. The third-order valence-electron chi connectivity index (χ3n) is 3.72. The Morgan fingerprint density at radius 3 is 2.47 bits per heavy atom. The summed E-state index contributed by atoms with van der Waals surface area (Å²) < 4.78 is 13.6. The maximum Gasteiger partial charge on any atom is 0.235 e. The Hall–Kier alpha value is -0.730. The predicted molar refractivity (Wildman–Crippen MR) is 55.2 cm³/mol. The third kappa shape index (κ3) is 1.97. The molecule has 4 heteroatoms. The predicted octanol–water partition coefficient (Wildman–Crippen LogP) is 1.58. The van der Waals surface area contributed by atoms with Crippen molar-refractivity contribution < 1.29 is 9.18 Å². The molecule has 15 heavy (non-hydrogen) atoms. The highest BCUT2D eigenvalue weighted by Gasteiger charge is 2.56. The van der Waals surface area contributed by atoms with Crippen molar-refractivity contribution in [1.29, 1.82) is 0 Å². The molecule has 1 saturated carbocycles. The van der Waals surface area contributed by atoms with E-state index in [0.717, 1.165) is 25.9 Å². The van der Waals surface area contributed by atoms with E-state index in [1.807, 2.05) is 0 Å². The summed E-state index contributed by atoms with van der Waals surface area (Å²) in [6.45, 7) is 3.49. The second kappa shape index (κ2) is 3.69. The van der Waals surface area contributed by atoms with E-state index in [1.165, 1.54) is 0 Å². The second-order valence-corrected chi connectivity index (χ2v) is 5.10. The number of carbonyl (C=O) groups excluding carboxylic acids is 1. The first-order valence-corrected chi connectivity index (χ1v) is 5.57. The fourth-order valence-electron chi connectivity index (χ4n) is 3.13. The van der Waals surface area contributed by atoms with Crippen molar-refractivity contribution in [3.63, 3.8) is 0 Å². The number of alkyl halides is 1. The van der Waals surface area contributed by atoms with Crippen LogP contribution in [0.5, 0.6) is 0 Å². The van der Waals surface area contributed by atoms with E-state index in [9.17, 15) is 9.18 Å². The van der Waals surface area contributed by atoms with Crippen molar-refractivity contribution in [3.05, 3.63) is 0 Å². The zero-order valence-electron chi connectivity index (χ0n) is 9.05. The molecule has 84 valence electrons. The number of aliphatic imine (C=N–C) groups is 1. The lowest BCUT2D eigenvalue weighted by molar-refractivity contribution is -0.0337. The Morgan fingerprint density at radius 1 is 1.40 bits per heavy atom. The van der Waals surface area contributed by atoms with Crippen molar-refractivity contribution in [1.82, 2.24) is 5.32 Å². The van der Waals surface area contributed by atoms with Crippen molar-refractivity contribution in [2.24, 2.45) is 10.9 Å². The lowest BCUT2D eigenvalue weighted by Gasteiger charge is -2.51. The van der Waals surface area contributed by atoms with E-state index in [2.05, 4.69) is 10.3 Å². The molecule has 1 aliphatic heterocycles. The molecule has 0 radical (unpaired) electrons. The van der Waals surface area contributed by atoms with Crippen LogP contribution in [0.4, 0.5) is 4.39 Å². The molecule has 0 spiro atoms. The molecule has 0 aromatic rings. The second-order valence-electron chi connectivity index (χ2n) is 5.10. The molecule has 1 aliphatic carbocycles. The Morgan fingerprint density at radius 2 is 2.00 bits per heavy atom. The average Bonchev–Trinajstić information content (AvgIpc) is 2.16. The molecule has 3 nitrogen and oxygen atoms in total. The summed E-state index contributed by atoms with van der Waals surface area (Å²) in [5.41, 5.74) is -1.57. The van der Waals surface area contributed by atoms with Gasteiger partial charge < -0.3 is 5.32 Å². The van der Waals surface area contributed by atoms with E-state index in [-0.39, 0.29) is 0 Å². The maximum absolute atomic E-state index is 13.6. The van der Waals surface area contributed by atoms with Gasteiger partial charge in [0.1, 0.15) is 5.67 Å². The molecule has 2 aliphatic rings. The van der Waals surface area contributed by atoms with Crippen LogP contribution in [0.1, 0.15) is 32.6 Å². The number of hydrogen-bond donors (Lipinski definition) is 1. The smallest absolute Gasteiger partial charge is 0.235 e. The fourth-order valence-corrected chi connectivity index (χ4v) is 3.13. The SMILES string of the molecule is CC1(F)CC(N=C=O)(C2CCNCC2)C1. The molecular weight excluding hydrogens is 195 g/mol. The molecule has 0 aromatic carbocycles. The summed E-state index contributed by atoms with van der Waals surface area (Å²) in [6.07, 6.45) is 4.39. The van der Waals surface area contributed by atoms with Crippen LogP contribution in [-0.4, -0.2) is 30.4 Å². The molecule has 2 rings (SSSR count). The van der Waals surface area contributed by atoms with Crippen LogP contribution >= 0.6 is 0 Å². The summed E-state index contributed by atoms with van der Waals surface area (Å²) in [5, 5.41) is 3.26. The van der Waals surface area contributed by atoms with Crippen molar-refractivity contribution in [2.75, 3.05) is 13.1 Å². The van der Waals surface area contributed by atoms with E-state index in [4.69, 9.17) is 0 Å². The molecular formula is C11H17FN2O. The number of hydrogen-bond acceptors (Lipinski definition) is 3. The number of nitrogens with zero attached hydrogens (tertiary/aromatic N) is 1. The maximum atomic E-state index is 13.6. The van der Waals surface area contributed by atoms with Crippen LogP contribution in [-0.2, 0) is 4.79 Å². The van der Waals surface area contributed by atoms with Crippen LogP contribution in [0.2, 0.25) is 0 Å². The molecule has 0 aromatic heterocycles. The summed E-state index contributed by atoms with van der Waals surface area (Å²) in [5.74, 6) is 0.351. The van der Waals surface area contributed by atoms with Gasteiger partial charge in [-0.05, 0) is 38.8 Å². The summed E-state index contributed by atoms with van der Waals surface area (Å²) in [7, 11) is 0. The van der Waals surface area contributed by atoms with Gasteiger partial charge in [0.2, 0.25) is 6.08 Å². The van der Waals surface area contributed by atoms with E-state index in [0.29, 0.717) is 18.8 Å². The fraction of sp³-hybridized carbons (Fsp3) is 0.909. The Labute approximate surface area is 89.1 Å². The zero-order valence-corrected chi connectivity index (χ0v) is 9.05. The van der Waals surface area contributed by atoms with Crippen LogP contribution in [0.3, 0.4) is 0 Å². The standard InChI is InChI=1S/C11H17FN2O/c1-10(12)6-11(7-10,14-8-15)9-2-4-13-5-3-9/h9,13H,2-7H2,1H3. The minimum atomic E-state index is -1.13. The topological polar surface area (TPSA) is 41.5 Å². The highest BCUT2D eigenvalue weighted by atomic mass is 19.1. The normalized spacial score (nSPS) is 41.7. The first kappa shape index (κ1) is 10.8. The van der Waals surface area contributed by atoms with Crippen LogP contribution in [0.15, 0.2) is 4.99 Å².